The van der Waals surface area contributed by atoms with Gasteiger partial charge in [-0.3, -0.25) is 0 Å². The molecule has 3 rings (SSSR count). The summed E-state index contributed by atoms with van der Waals surface area (Å²) in [5.41, 5.74) is 0.132. The number of nitrogens with zero attached hydrogens (tertiary/aromatic N) is 3. The van der Waals surface area contributed by atoms with Crippen molar-refractivity contribution in [2.75, 3.05) is 0 Å². The van der Waals surface area contributed by atoms with E-state index in [0.717, 1.165) is 12.1 Å². The highest BCUT2D eigenvalue weighted by atomic mass is 19.4. The molecule has 0 saturated heterocycles. The molecule has 8 heteroatoms. The van der Waals surface area contributed by atoms with Crippen molar-refractivity contribution in [1.82, 2.24) is 15.4 Å². The van der Waals surface area contributed by atoms with Crippen molar-refractivity contribution >= 4 is 12.2 Å². The van der Waals surface area contributed by atoms with Gasteiger partial charge in [0.05, 0.1) is 5.56 Å². The predicted octanol–water partition coefficient (Wildman–Crippen LogP) is 4.67. The van der Waals surface area contributed by atoms with Crippen molar-refractivity contribution in [2.45, 2.75) is 6.18 Å². The van der Waals surface area contributed by atoms with Crippen LogP contribution in [0.2, 0.25) is 0 Å². The van der Waals surface area contributed by atoms with Crippen LogP contribution in [-0.4, -0.2) is 15.4 Å². The van der Waals surface area contributed by atoms with Crippen molar-refractivity contribution in [1.29, 1.82) is 5.26 Å². The Morgan fingerprint density at radius 3 is 2.35 bits per heavy atom. The molecular formula is C18H10F4N4. The summed E-state index contributed by atoms with van der Waals surface area (Å²) in [6, 6.07) is 10.7. The Morgan fingerprint density at radius 2 is 1.69 bits per heavy atom. The predicted molar refractivity (Wildman–Crippen MR) is 86.9 cm³/mol. The van der Waals surface area contributed by atoms with E-state index in [1.807, 2.05) is 0 Å². The van der Waals surface area contributed by atoms with Gasteiger partial charge in [-0.1, -0.05) is 29.5 Å². The molecule has 0 unspecified atom stereocenters. The van der Waals surface area contributed by atoms with Crippen LogP contribution in [0.3, 0.4) is 0 Å². The van der Waals surface area contributed by atoms with Gasteiger partial charge in [0.2, 0.25) is 0 Å². The van der Waals surface area contributed by atoms with Gasteiger partial charge < -0.3 is 0 Å². The van der Waals surface area contributed by atoms with Gasteiger partial charge in [-0.2, -0.15) is 18.4 Å². The molecular weight excluding hydrogens is 348 g/mol. The quantitative estimate of drug-likeness (QED) is 0.546. The monoisotopic (exact) mass is 358 g/mol. The molecule has 0 bridgehead atoms. The summed E-state index contributed by atoms with van der Waals surface area (Å²) >= 11 is 0. The summed E-state index contributed by atoms with van der Waals surface area (Å²) in [4.78, 5) is 0. The molecule has 3 aromatic rings. The topological polar surface area (TPSA) is 65.4 Å². The maximum Gasteiger partial charge on any atom is 0.416 e. The third-order valence-electron chi connectivity index (χ3n) is 3.55. The smallest absolute Gasteiger partial charge is 0.247 e. The molecule has 0 amide bonds. The first-order valence-electron chi connectivity index (χ1n) is 7.34. The van der Waals surface area contributed by atoms with Crippen LogP contribution in [0.25, 0.3) is 23.4 Å². The minimum Gasteiger partial charge on any atom is -0.247 e. The van der Waals surface area contributed by atoms with Crippen molar-refractivity contribution in [2.24, 2.45) is 0 Å². The van der Waals surface area contributed by atoms with E-state index in [0.29, 0.717) is 5.56 Å². The van der Waals surface area contributed by atoms with Crippen LogP contribution in [0.4, 0.5) is 17.6 Å². The third-order valence-corrected chi connectivity index (χ3v) is 3.55. The van der Waals surface area contributed by atoms with Gasteiger partial charge in [-0.15, -0.1) is 5.10 Å². The van der Waals surface area contributed by atoms with Gasteiger partial charge in [0.15, 0.2) is 5.69 Å². The lowest BCUT2D eigenvalue weighted by Crippen LogP contribution is -2.05. The van der Waals surface area contributed by atoms with Crippen LogP contribution in [0, 0.1) is 17.1 Å². The van der Waals surface area contributed by atoms with Gasteiger partial charge in [0.25, 0.3) is 0 Å². The lowest BCUT2D eigenvalue weighted by atomic mass is 10.0. The Bertz CT molecular complexity index is 995. The summed E-state index contributed by atoms with van der Waals surface area (Å²) < 4.78 is 52.5. The maximum absolute atomic E-state index is 13.2. The number of halogens is 4. The van der Waals surface area contributed by atoms with Crippen LogP contribution < -0.4 is 0 Å². The third kappa shape index (κ3) is 3.78. The van der Waals surface area contributed by atoms with Crippen molar-refractivity contribution < 1.29 is 17.6 Å². The van der Waals surface area contributed by atoms with Gasteiger partial charge in [-0.05, 0) is 41.5 Å². The van der Waals surface area contributed by atoms with E-state index in [2.05, 4.69) is 15.4 Å². The first-order chi connectivity index (χ1) is 12.4. The standard InChI is InChI=1S/C18H10F4N4/c19-15-5-3-11(4-6-15)1-2-12-7-13(9-14(8-12)18(20,21)22)17-16(10-23)24-26-25-17/h1-9H,(H,24,25,26)/b2-1+. The average molecular weight is 358 g/mol. The SMILES string of the molecule is N#Cc1[nH]nnc1-c1cc(/C=C/c2ccc(F)cc2)cc(C(F)(F)F)c1. The Labute approximate surface area is 145 Å². The summed E-state index contributed by atoms with van der Waals surface area (Å²) in [6.07, 6.45) is -1.53. The van der Waals surface area contributed by atoms with Gasteiger partial charge in [0, 0.05) is 5.56 Å². The number of benzene rings is 2. The number of alkyl halides is 3. The molecule has 0 atom stereocenters. The molecule has 0 aliphatic heterocycles. The molecule has 0 radical (unpaired) electrons. The molecule has 2 aromatic carbocycles. The Kier molecular flexibility index (Phi) is 4.54. The molecule has 0 saturated carbocycles. The number of rotatable bonds is 3. The fourth-order valence-electron chi connectivity index (χ4n) is 2.32. The highest BCUT2D eigenvalue weighted by Crippen LogP contribution is 2.34. The van der Waals surface area contributed by atoms with Crippen LogP contribution in [0.5, 0.6) is 0 Å². The zero-order chi connectivity index (χ0) is 18.7. The zero-order valence-electron chi connectivity index (χ0n) is 13.0. The summed E-state index contributed by atoms with van der Waals surface area (Å²) in [7, 11) is 0. The number of aromatic nitrogens is 3. The van der Waals surface area contributed by atoms with Gasteiger partial charge in [-0.25, -0.2) is 9.49 Å². The largest absolute Gasteiger partial charge is 0.416 e. The van der Waals surface area contributed by atoms with Crippen LogP contribution in [0.1, 0.15) is 22.4 Å². The Morgan fingerprint density at radius 1 is 1.00 bits per heavy atom. The molecule has 26 heavy (non-hydrogen) atoms. The van der Waals surface area contributed by atoms with E-state index >= 15 is 0 Å². The number of nitriles is 1. The van der Waals surface area contributed by atoms with Gasteiger partial charge in [0.1, 0.15) is 17.6 Å². The zero-order valence-corrected chi connectivity index (χ0v) is 13.0. The normalized spacial score (nSPS) is 11.7. The summed E-state index contributed by atoms with van der Waals surface area (Å²) in [6.45, 7) is 0. The molecule has 1 aromatic heterocycles. The molecule has 0 aliphatic carbocycles. The highest BCUT2D eigenvalue weighted by molar-refractivity contribution is 5.74. The van der Waals surface area contributed by atoms with E-state index in [9.17, 15) is 17.6 Å². The second-order valence-electron chi connectivity index (χ2n) is 5.37. The fraction of sp³-hybridized carbons (Fsp3) is 0.0556. The second-order valence-corrected chi connectivity index (χ2v) is 5.37. The second kappa shape index (κ2) is 6.80. The summed E-state index contributed by atoms with van der Waals surface area (Å²) in [5.74, 6) is -0.404. The maximum atomic E-state index is 13.2. The van der Waals surface area contributed by atoms with Crippen molar-refractivity contribution in [3.8, 4) is 17.3 Å². The van der Waals surface area contributed by atoms with Gasteiger partial charge >= 0.3 is 6.18 Å². The van der Waals surface area contributed by atoms with Crippen molar-refractivity contribution in [3.63, 3.8) is 0 Å². The summed E-state index contributed by atoms with van der Waals surface area (Å²) in [5, 5.41) is 18.5. The first-order valence-corrected chi connectivity index (χ1v) is 7.34. The molecule has 1 N–H and O–H groups in total. The molecule has 0 fully saturated rings. The van der Waals surface area contributed by atoms with E-state index in [1.54, 1.807) is 12.1 Å². The Balaban J connectivity index is 2.06. The van der Waals surface area contributed by atoms with E-state index < -0.39 is 17.6 Å². The molecule has 130 valence electrons. The minimum atomic E-state index is -4.56. The lowest BCUT2D eigenvalue weighted by Gasteiger charge is -2.10. The van der Waals surface area contributed by atoms with E-state index in [1.165, 1.54) is 36.4 Å². The van der Waals surface area contributed by atoms with Crippen LogP contribution >= 0.6 is 0 Å². The molecule has 4 nitrogen and oxygen atoms in total. The number of hydrogen-bond donors (Lipinski definition) is 1. The molecule has 0 aliphatic rings. The Hall–Kier alpha value is -3.47. The lowest BCUT2D eigenvalue weighted by molar-refractivity contribution is -0.137. The number of H-pyrrole nitrogens is 1. The average Bonchev–Trinajstić information content (AvgIpc) is 3.09. The number of hydrogen-bond acceptors (Lipinski definition) is 3. The molecule has 1 heterocycles. The fourth-order valence-corrected chi connectivity index (χ4v) is 2.32. The van der Waals surface area contributed by atoms with E-state index in [4.69, 9.17) is 5.26 Å². The number of aromatic amines is 1. The number of nitrogens with one attached hydrogen (secondary N) is 1. The highest BCUT2D eigenvalue weighted by Gasteiger charge is 2.31. The van der Waals surface area contributed by atoms with Crippen LogP contribution in [0.15, 0.2) is 42.5 Å². The molecule has 0 spiro atoms. The van der Waals surface area contributed by atoms with E-state index in [-0.39, 0.29) is 22.5 Å². The van der Waals surface area contributed by atoms with Crippen LogP contribution in [-0.2, 0) is 6.18 Å². The minimum absolute atomic E-state index is 0.0298. The first kappa shape index (κ1) is 17.4. The van der Waals surface area contributed by atoms with Crippen molar-refractivity contribution in [3.05, 3.63) is 70.7 Å².